The Balaban J connectivity index is 1.83. The van der Waals surface area contributed by atoms with Crippen molar-refractivity contribution in [3.8, 4) is 0 Å². The average molecular weight is 651 g/mol. The van der Waals surface area contributed by atoms with E-state index in [-0.39, 0.29) is 23.1 Å². The van der Waals surface area contributed by atoms with E-state index in [2.05, 4.69) is 56.0 Å². The van der Waals surface area contributed by atoms with E-state index in [9.17, 15) is 19.2 Å². The molecule has 1 aliphatic rings. The quantitative estimate of drug-likeness (QED) is 0.113. The molecule has 3 N–H and O–H groups in total. The first kappa shape index (κ1) is 34.6. The zero-order valence-electron chi connectivity index (χ0n) is 27.0. The lowest BCUT2D eigenvalue weighted by Gasteiger charge is -2.36. The van der Waals surface area contributed by atoms with Gasteiger partial charge in [-0.15, -0.1) is 16.4 Å². The second-order valence-electron chi connectivity index (χ2n) is 13.9. The van der Waals surface area contributed by atoms with Crippen molar-refractivity contribution >= 4 is 59.4 Å². The molecule has 1 fully saturated rings. The lowest BCUT2D eigenvalue weighted by atomic mass is 9.98. The highest BCUT2D eigenvalue weighted by molar-refractivity contribution is 7.14. The van der Waals surface area contributed by atoms with Gasteiger partial charge in [-0.25, -0.2) is 14.6 Å². The highest BCUT2D eigenvalue weighted by Crippen LogP contribution is 2.21. The van der Waals surface area contributed by atoms with Gasteiger partial charge in [-0.2, -0.15) is 0 Å². The van der Waals surface area contributed by atoms with E-state index in [1.54, 1.807) is 46.2 Å². The smallest absolute Gasteiger partial charge is 0.413 e. The number of ether oxygens (including phenoxy) is 2. The zero-order chi connectivity index (χ0) is 33.3. The van der Waals surface area contributed by atoms with Gasteiger partial charge >= 0.3 is 12.1 Å². The van der Waals surface area contributed by atoms with Crippen molar-refractivity contribution in [1.82, 2.24) is 30.6 Å². The van der Waals surface area contributed by atoms with Gasteiger partial charge in [0.15, 0.2) is 10.8 Å². The molecular formula is C27H42N8O7SSi. The Morgan fingerprint density at radius 2 is 1.70 bits per heavy atom. The minimum atomic E-state index is -1.69. The minimum Gasteiger partial charge on any atom is -0.457 e. The molecule has 2 atom stereocenters. The third-order valence-electron chi connectivity index (χ3n) is 5.82. The van der Waals surface area contributed by atoms with Crippen LogP contribution >= 0.6 is 11.3 Å². The van der Waals surface area contributed by atoms with Gasteiger partial charge in [0, 0.05) is 11.6 Å². The fourth-order valence-corrected chi connectivity index (χ4v) is 5.10. The molecule has 44 heavy (non-hydrogen) atoms. The molecule has 0 radical (unpaired) electrons. The van der Waals surface area contributed by atoms with Crippen molar-refractivity contribution in [3.63, 3.8) is 0 Å². The first-order valence-corrected chi connectivity index (χ1v) is 18.4. The normalized spacial score (nSPS) is 17.7. The highest BCUT2D eigenvalue weighted by atomic mass is 32.1. The number of oxime groups is 1. The molecular weight excluding hydrogens is 608 g/mol. The second-order valence-corrected chi connectivity index (χ2v) is 19.7. The molecule has 1 saturated heterocycles. The van der Waals surface area contributed by atoms with E-state index in [0.717, 1.165) is 16.7 Å². The number of aromatic nitrogens is 4. The fourth-order valence-electron chi connectivity index (χ4n) is 3.54. The van der Waals surface area contributed by atoms with Gasteiger partial charge in [0.2, 0.25) is 11.5 Å². The van der Waals surface area contributed by atoms with Crippen LogP contribution in [0.15, 0.2) is 16.7 Å². The monoisotopic (exact) mass is 650 g/mol. The van der Waals surface area contributed by atoms with E-state index < -0.39 is 60.8 Å². The number of carbonyl (C=O) groups excluding carboxylic acids is 4. The molecule has 1 aliphatic heterocycles. The molecule has 242 valence electrons. The number of hydrogen-bond donors (Lipinski definition) is 3. The van der Waals surface area contributed by atoms with Crippen LogP contribution in [0.3, 0.4) is 0 Å². The summed E-state index contributed by atoms with van der Waals surface area (Å²) in [6.45, 7) is 19.9. The number of nitrogens with zero attached hydrogens (tertiary/aromatic N) is 5. The van der Waals surface area contributed by atoms with Crippen molar-refractivity contribution in [2.75, 3.05) is 5.32 Å². The summed E-state index contributed by atoms with van der Waals surface area (Å²) >= 11 is 1.02. The van der Waals surface area contributed by atoms with E-state index >= 15 is 0 Å². The molecule has 2 aromatic heterocycles. The molecule has 15 nitrogen and oxygen atoms in total. The Hall–Kier alpha value is -3.86. The first-order valence-electron chi connectivity index (χ1n) is 14.0. The lowest BCUT2D eigenvalue weighted by Crippen LogP contribution is -2.70. The summed E-state index contributed by atoms with van der Waals surface area (Å²) in [4.78, 5) is 60.9. The number of thiazole rings is 1. The minimum absolute atomic E-state index is 0.0332. The molecule has 0 aromatic carbocycles. The Bertz CT molecular complexity index is 1430. The van der Waals surface area contributed by atoms with Gasteiger partial charge in [-0.3, -0.25) is 19.6 Å². The number of amides is 3. The highest BCUT2D eigenvalue weighted by Gasteiger charge is 2.42. The largest absolute Gasteiger partial charge is 0.457 e. The number of nitrogens with one attached hydrogen (secondary N) is 3. The van der Waals surface area contributed by atoms with Crippen LogP contribution in [0.1, 0.15) is 61.1 Å². The lowest BCUT2D eigenvalue weighted by molar-refractivity contribution is -0.179. The zero-order valence-corrected chi connectivity index (χ0v) is 28.8. The summed E-state index contributed by atoms with van der Waals surface area (Å²) in [6, 6.07) is -1.38. The summed E-state index contributed by atoms with van der Waals surface area (Å²) in [6.07, 6.45) is 1.12. The average Bonchev–Trinajstić information content (AvgIpc) is 3.50. The van der Waals surface area contributed by atoms with Gasteiger partial charge < -0.3 is 24.9 Å². The molecule has 3 heterocycles. The van der Waals surface area contributed by atoms with E-state index in [1.165, 1.54) is 19.2 Å². The topological polar surface area (TPSA) is 188 Å². The Morgan fingerprint density at radius 1 is 1.07 bits per heavy atom. The summed E-state index contributed by atoms with van der Waals surface area (Å²) in [7, 11) is -1.69. The van der Waals surface area contributed by atoms with Crippen LogP contribution in [0.25, 0.3) is 0 Å². The van der Waals surface area contributed by atoms with E-state index in [0.29, 0.717) is 0 Å². The van der Waals surface area contributed by atoms with Crippen molar-refractivity contribution in [1.29, 1.82) is 0 Å². The fraction of sp³-hybridized carbons (Fsp3) is 0.630. The molecule has 3 amide bonds. The van der Waals surface area contributed by atoms with Gasteiger partial charge in [0.05, 0.1) is 17.9 Å². The van der Waals surface area contributed by atoms with Crippen LogP contribution in [0, 0.1) is 0 Å². The number of esters is 1. The van der Waals surface area contributed by atoms with E-state index in [4.69, 9.17) is 14.3 Å². The maximum absolute atomic E-state index is 13.6. The number of carbonyl (C=O) groups is 4. The molecule has 0 unspecified atom stereocenters. The van der Waals surface area contributed by atoms with Crippen molar-refractivity contribution in [2.24, 2.45) is 5.16 Å². The molecule has 2 aromatic rings. The summed E-state index contributed by atoms with van der Waals surface area (Å²) < 4.78 is 12.3. The Morgan fingerprint density at radius 3 is 2.25 bits per heavy atom. The van der Waals surface area contributed by atoms with Gasteiger partial charge in [-0.1, -0.05) is 30.0 Å². The Labute approximate surface area is 261 Å². The molecule has 17 heteroatoms. The molecule has 0 aliphatic carbocycles. The van der Waals surface area contributed by atoms with Crippen LogP contribution < -0.4 is 21.3 Å². The number of anilines is 1. The predicted molar refractivity (Wildman–Crippen MR) is 166 cm³/mol. The van der Waals surface area contributed by atoms with Crippen LogP contribution in [0.4, 0.5) is 9.93 Å². The van der Waals surface area contributed by atoms with E-state index in [1.807, 2.05) is 6.20 Å². The molecule has 0 spiro atoms. The SMILES string of the molecule is CC(C)(C)OC(=O)Nc1nc(/C(=N/OC(C)(C)C(=O)OC(C)(C)C)C(=O)N[C@@H]2C(=O)N[C@@H]2Cn2cc([Si](C)(C)C)nn2)cs1. The molecule has 3 rings (SSSR count). The Kier molecular flexibility index (Phi) is 9.94. The third kappa shape index (κ3) is 9.57. The number of hydrogen-bond acceptors (Lipinski definition) is 12. The predicted octanol–water partition coefficient (Wildman–Crippen LogP) is 2.15. The summed E-state index contributed by atoms with van der Waals surface area (Å²) in [5.41, 5.74) is -3.39. The van der Waals surface area contributed by atoms with Crippen LogP contribution in [-0.2, 0) is 35.2 Å². The van der Waals surface area contributed by atoms with Gasteiger partial charge in [0.1, 0.15) is 31.0 Å². The maximum Gasteiger partial charge on any atom is 0.413 e. The molecule has 0 saturated carbocycles. The molecule has 0 bridgehead atoms. The van der Waals surface area contributed by atoms with Crippen molar-refractivity contribution in [3.05, 3.63) is 17.3 Å². The summed E-state index contributed by atoms with van der Waals surface area (Å²) in [5, 5.41) is 22.9. The van der Waals surface area contributed by atoms with Crippen LogP contribution in [0.5, 0.6) is 0 Å². The van der Waals surface area contributed by atoms with Crippen LogP contribution in [0.2, 0.25) is 19.6 Å². The first-order chi connectivity index (χ1) is 20.0. The van der Waals surface area contributed by atoms with Gasteiger partial charge in [0.25, 0.3) is 5.91 Å². The van der Waals surface area contributed by atoms with Crippen molar-refractivity contribution < 1.29 is 33.5 Å². The number of rotatable bonds is 10. The van der Waals surface area contributed by atoms with Gasteiger partial charge in [-0.05, 0) is 55.4 Å². The van der Waals surface area contributed by atoms with Crippen LogP contribution in [-0.4, -0.2) is 86.5 Å². The number of β-lactam (4-membered cyclic amide) rings is 1. The van der Waals surface area contributed by atoms with Crippen molar-refractivity contribution in [2.45, 2.75) is 110 Å². The standard InChI is InChI=1S/C27H42N8O7SSi/c1-25(2,3)40-22(38)27(7,8)42-33-19(16-14-43-23(29-16)31-24(39)41-26(4,5)6)21(37)30-18-15(28-20(18)36)12-35-13-17(32-34-35)44(9,10)11/h13-15,18H,12H2,1-11H3,(H,28,36)(H,30,37)(H,29,31,39)/b33-19-/t15-,18+/m1/s1. The second kappa shape index (κ2) is 12.6. The summed E-state index contributed by atoms with van der Waals surface area (Å²) in [5.74, 6) is -1.89. The third-order valence-corrected chi connectivity index (χ3v) is 8.34. The maximum atomic E-state index is 13.6.